The third-order valence-corrected chi connectivity index (χ3v) is 8.31. The second kappa shape index (κ2) is 12.9. The molecule has 0 bridgehead atoms. The van der Waals surface area contributed by atoms with Crippen molar-refractivity contribution in [3.05, 3.63) is 64.7 Å². The fourth-order valence-electron chi connectivity index (χ4n) is 5.80. The lowest BCUT2D eigenvalue weighted by Crippen LogP contribution is -2.48. The number of morpholine rings is 1. The van der Waals surface area contributed by atoms with E-state index in [-0.39, 0.29) is 30.3 Å². The van der Waals surface area contributed by atoms with Gasteiger partial charge in [-0.3, -0.25) is 14.5 Å². The Labute approximate surface area is 235 Å². The topological polar surface area (TPSA) is 74.7 Å². The maximum Gasteiger partial charge on any atom is 0.262 e. The molecule has 2 aromatic rings. The molecule has 2 heterocycles. The summed E-state index contributed by atoms with van der Waals surface area (Å²) >= 11 is 6.52. The molecule has 0 spiro atoms. The third-order valence-electron chi connectivity index (χ3n) is 7.98. The summed E-state index contributed by atoms with van der Waals surface area (Å²) in [5, 5.41) is 6.94. The van der Waals surface area contributed by atoms with Gasteiger partial charge in [-0.25, -0.2) is 5.01 Å². The van der Waals surface area contributed by atoms with Gasteiger partial charge in [-0.1, -0.05) is 60.8 Å². The Balaban J connectivity index is 1.41. The smallest absolute Gasteiger partial charge is 0.262 e. The molecule has 2 aliphatic heterocycles. The maximum atomic E-state index is 14.0. The quantitative estimate of drug-likeness (QED) is 0.461. The molecule has 8 nitrogen and oxygen atoms in total. The molecule has 2 fully saturated rings. The van der Waals surface area contributed by atoms with Gasteiger partial charge in [-0.2, -0.15) is 5.10 Å². The Kier molecular flexibility index (Phi) is 9.17. The number of rotatable bonds is 9. The molecule has 208 valence electrons. The van der Waals surface area contributed by atoms with Crippen molar-refractivity contribution < 1.29 is 19.1 Å². The summed E-state index contributed by atoms with van der Waals surface area (Å²) < 4.78 is 11.1. The molecule has 1 atom stereocenters. The summed E-state index contributed by atoms with van der Waals surface area (Å²) in [5.74, 6) is 0.564. The highest BCUT2D eigenvalue weighted by atomic mass is 35.5. The normalized spacial score (nSPS) is 20.2. The molecule has 0 aromatic heterocycles. The van der Waals surface area contributed by atoms with Crippen LogP contribution in [0.25, 0.3) is 0 Å². The Bertz CT molecular complexity index is 1190. The number of carbonyl (C=O) groups excluding carboxylic acids is 2. The first kappa shape index (κ1) is 27.6. The first-order valence-electron chi connectivity index (χ1n) is 13.9. The summed E-state index contributed by atoms with van der Waals surface area (Å²) in [6.45, 7) is 4.30. The van der Waals surface area contributed by atoms with Crippen LogP contribution in [0.5, 0.6) is 5.75 Å². The van der Waals surface area contributed by atoms with Crippen LogP contribution >= 0.6 is 11.6 Å². The van der Waals surface area contributed by atoms with E-state index in [1.807, 2.05) is 48.5 Å². The van der Waals surface area contributed by atoms with Crippen LogP contribution in [0.1, 0.15) is 49.3 Å². The average molecular weight is 553 g/mol. The van der Waals surface area contributed by atoms with Crippen molar-refractivity contribution in [2.45, 2.75) is 38.1 Å². The van der Waals surface area contributed by atoms with E-state index in [0.717, 1.165) is 62.2 Å². The van der Waals surface area contributed by atoms with Gasteiger partial charge in [0.25, 0.3) is 5.91 Å². The fourth-order valence-corrected chi connectivity index (χ4v) is 6.05. The van der Waals surface area contributed by atoms with Gasteiger partial charge in [0, 0.05) is 54.7 Å². The predicted molar refractivity (Wildman–Crippen MR) is 151 cm³/mol. The van der Waals surface area contributed by atoms with Crippen LogP contribution in [0, 0.1) is 5.92 Å². The van der Waals surface area contributed by atoms with Gasteiger partial charge < -0.3 is 14.4 Å². The number of benzene rings is 2. The van der Waals surface area contributed by atoms with Gasteiger partial charge in [0.1, 0.15) is 12.3 Å². The number of amides is 2. The zero-order valence-corrected chi connectivity index (χ0v) is 23.3. The summed E-state index contributed by atoms with van der Waals surface area (Å²) in [4.78, 5) is 31.6. The van der Waals surface area contributed by atoms with Crippen molar-refractivity contribution in [1.29, 1.82) is 0 Å². The second-order valence-corrected chi connectivity index (χ2v) is 10.8. The summed E-state index contributed by atoms with van der Waals surface area (Å²) in [6, 6.07) is 14.9. The molecule has 9 heteroatoms. The van der Waals surface area contributed by atoms with Crippen LogP contribution in [0.15, 0.2) is 53.6 Å². The van der Waals surface area contributed by atoms with E-state index in [9.17, 15) is 9.59 Å². The lowest BCUT2D eigenvalue weighted by Gasteiger charge is -2.32. The van der Waals surface area contributed by atoms with E-state index in [1.165, 1.54) is 0 Å². The molecule has 0 radical (unpaired) electrons. The summed E-state index contributed by atoms with van der Waals surface area (Å²) in [6.07, 6.45) is 4.41. The lowest BCUT2D eigenvalue weighted by molar-refractivity contribution is -0.144. The van der Waals surface area contributed by atoms with Gasteiger partial charge in [-0.05, 0) is 25.0 Å². The minimum absolute atomic E-state index is 0.00623. The number of nitrogens with zero attached hydrogens (tertiary/aromatic N) is 4. The van der Waals surface area contributed by atoms with Crippen molar-refractivity contribution >= 4 is 29.1 Å². The monoisotopic (exact) mass is 552 g/mol. The van der Waals surface area contributed by atoms with Crippen molar-refractivity contribution in [3.63, 3.8) is 0 Å². The highest BCUT2D eigenvalue weighted by Crippen LogP contribution is 2.38. The van der Waals surface area contributed by atoms with Crippen molar-refractivity contribution in [1.82, 2.24) is 14.8 Å². The lowest BCUT2D eigenvalue weighted by atomic mass is 9.97. The average Bonchev–Trinajstić information content (AvgIpc) is 3.67. The summed E-state index contributed by atoms with van der Waals surface area (Å²) in [5.41, 5.74) is 2.42. The van der Waals surface area contributed by atoms with Gasteiger partial charge in [0.15, 0.2) is 0 Å². The minimum atomic E-state index is -0.359. The molecule has 5 rings (SSSR count). The number of hydrogen-bond donors (Lipinski definition) is 0. The summed E-state index contributed by atoms with van der Waals surface area (Å²) in [7, 11) is 1.63. The van der Waals surface area contributed by atoms with E-state index >= 15 is 0 Å². The van der Waals surface area contributed by atoms with Crippen LogP contribution < -0.4 is 4.74 Å². The fraction of sp³-hybridized carbons (Fsp3) is 0.500. The largest absolute Gasteiger partial charge is 0.496 e. The van der Waals surface area contributed by atoms with Crippen LogP contribution in [0.2, 0.25) is 5.02 Å². The van der Waals surface area contributed by atoms with Crippen LogP contribution in [-0.4, -0.2) is 85.4 Å². The maximum absolute atomic E-state index is 14.0. The number of carbonyl (C=O) groups is 2. The molecule has 1 unspecified atom stereocenters. The van der Waals surface area contributed by atoms with Gasteiger partial charge >= 0.3 is 0 Å². The molecule has 1 saturated carbocycles. The number of hydrogen-bond acceptors (Lipinski definition) is 6. The van der Waals surface area contributed by atoms with E-state index in [1.54, 1.807) is 17.0 Å². The second-order valence-electron chi connectivity index (χ2n) is 10.4. The number of para-hydroxylation sites is 1. The van der Waals surface area contributed by atoms with E-state index < -0.39 is 0 Å². The standard InChI is InChI=1S/C30H37ClN4O4/c1-38-28-13-7-5-11-24(28)27-20-26(23-10-4-6-12-25(23)31)32-35(27)29(36)21-34(30(37)22-8-2-3-9-22)15-14-33-16-18-39-19-17-33/h4-7,10-13,22,27H,2-3,8-9,14-21H2,1H3. The van der Waals surface area contributed by atoms with Gasteiger partial charge in [-0.15, -0.1) is 0 Å². The molecular formula is C30H37ClN4O4. The van der Waals surface area contributed by atoms with Crippen LogP contribution in [0.3, 0.4) is 0 Å². The van der Waals surface area contributed by atoms with E-state index in [0.29, 0.717) is 37.0 Å². The Morgan fingerprint density at radius 1 is 1.08 bits per heavy atom. The molecule has 3 aliphatic rings. The highest BCUT2D eigenvalue weighted by Gasteiger charge is 2.37. The Hall–Kier alpha value is -2.94. The predicted octanol–water partition coefficient (Wildman–Crippen LogP) is 4.38. The number of halogens is 1. The molecule has 2 aromatic carbocycles. The number of methoxy groups -OCH3 is 1. The Morgan fingerprint density at radius 2 is 1.79 bits per heavy atom. The van der Waals surface area contributed by atoms with Crippen LogP contribution in [-0.2, 0) is 14.3 Å². The molecular weight excluding hydrogens is 516 g/mol. The highest BCUT2D eigenvalue weighted by molar-refractivity contribution is 6.34. The first-order valence-corrected chi connectivity index (χ1v) is 14.3. The first-order chi connectivity index (χ1) is 19.0. The molecule has 1 saturated heterocycles. The SMILES string of the molecule is COc1ccccc1C1CC(c2ccccc2Cl)=NN1C(=O)CN(CCN1CCOCC1)C(=O)C1CCCC1. The van der Waals surface area contributed by atoms with Crippen LogP contribution in [0.4, 0.5) is 0 Å². The van der Waals surface area contributed by atoms with Crippen molar-refractivity contribution in [2.24, 2.45) is 11.0 Å². The third kappa shape index (κ3) is 6.45. The number of ether oxygens (including phenoxy) is 2. The zero-order valence-electron chi connectivity index (χ0n) is 22.6. The molecule has 2 amide bonds. The minimum Gasteiger partial charge on any atom is -0.496 e. The van der Waals surface area contributed by atoms with Gasteiger partial charge in [0.05, 0.1) is 32.1 Å². The van der Waals surface area contributed by atoms with E-state index in [4.69, 9.17) is 26.2 Å². The molecule has 39 heavy (non-hydrogen) atoms. The van der Waals surface area contributed by atoms with Gasteiger partial charge in [0.2, 0.25) is 5.91 Å². The molecule has 1 aliphatic carbocycles. The number of hydrazone groups is 1. The zero-order chi connectivity index (χ0) is 27.2. The Morgan fingerprint density at radius 3 is 2.54 bits per heavy atom. The molecule has 0 N–H and O–H groups in total. The van der Waals surface area contributed by atoms with E-state index in [2.05, 4.69) is 4.90 Å². The van der Waals surface area contributed by atoms with Crippen molar-refractivity contribution in [3.8, 4) is 5.75 Å². The van der Waals surface area contributed by atoms with Crippen molar-refractivity contribution in [2.75, 3.05) is 53.0 Å².